The molecular formula is C18H25P. The van der Waals surface area contributed by atoms with Crippen LogP contribution in [0.5, 0.6) is 0 Å². The van der Waals surface area contributed by atoms with Gasteiger partial charge in [-0.25, -0.2) is 0 Å². The Morgan fingerprint density at radius 3 is 2.37 bits per heavy atom. The third kappa shape index (κ3) is 7.59. The van der Waals surface area contributed by atoms with E-state index >= 15 is 0 Å². The lowest BCUT2D eigenvalue weighted by Gasteiger charge is -2.15. The van der Waals surface area contributed by atoms with Crippen molar-refractivity contribution in [3.05, 3.63) is 84.8 Å². The predicted molar refractivity (Wildman–Crippen MR) is 92.5 cm³/mol. The molecule has 1 unspecified atom stereocenters. The SMILES string of the molecule is C=C/C=C(\C=C)P(/C=C/CCC=C)/C(C)=C/C=C\C. The van der Waals surface area contributed by atoms with Gasteiger partial charge >= 0.3 is 0 Å². The van der Waals surface area contributed by atoms with Gasteiger partial charge in [-0.05, 0) is 45.2 Å². The first-order valence-electron chi connectivity index (χ1n) is 6.52. The fourth-order valence-corrected chi connectivity index (χ4v) is 3.37. The van der Waals surface area contributed by atoms with Gasteiger partial charge in [0.1, 0.15) is 0 Å². The maximum atomic E-state index is 3.91. The minimum absolute atomic E-state index is 0.453. The molecule has 1 heteroatoms. The largest absolute Gasteiger partial charge is 0.103 e. The number of allylic oxidation sites excluding steroid dienone is 10. The molecule has 102 valence electrons. The van der Waals surface area contributed by atoms with E-state index in [4.69, 9.17) is 0 Å². The highest BCUT2D eigenvalue weighted by Crippen LogP contribution is 2.54. The summed E-state index contributed by atoms with van der Waals surface area (Å²) in [6.45, 7) is 15.6. The molecule has 0 radical (unpaired) electrons. The Balaban J connectivity index is 5.17. The summed E-state index contributed by atoms with van der Waals surface area (Å²) in [4.78, 5) is 0. The first-order valence-corrected chi connectivity index (χ1v) is 7.93. The van der Waals surface area contributed by atoms with E-state index in [0.29, 0.717) is 0 Å². The summed E-state index contributed by atoms with van der Waals surface area (Å²) in [5.41, 5.74) is 0. The van der Waals surface area contributed by atoms with Gasteiger partial charge in [-0.15, -0.1) is 6.58 Å². The van der Waals surface area contributed by atoms with Gasteiger partial charge in [0.05, 0.1) is 0 Å². The molecule has 0 nitrogen and oxygen atoms in total. The lowest BCUT2D eigenvalue weighted by atomic mass is 10.3. The van der Waals surface area contributed by atoms with Crippen LogP contribution in [0.3, 0.4) is 0 Å². The van der Waals surface area contributed by atoms with Gasteiger partial charge in [0.25, 0.3) is 0 Å². The molecule has 0 N–H and O–H groups in total. The Labute approximate surface area is 120 Å². The third-order valence-corrected chi connectivity index (χ3v) is 4.78. The molecule has 0 saturated heterocycles. The Hall–Kier alpha value is -1.39. The Kier molecular flexibility index (Phi) is 10.8. The number of hydrogen-bond donors (Lipinski definition) is 0. The van der Waals surface area contributed by atoms with Crippen LogP contribution in [0, 0.1) is 0 Å². The molecule has 0 rings (SSSR count). The summed E-state index contributed by atoms with van der Waals surface area (Å²) in [7, 11) is -0.453. The van der Waals surface area contributed by atoms with Crippen molar-refractivity contribution in [2.24, 2.45) is 0 Å². The number of unbranched alkanes of at least 4 members (excludes halogenated alkanes) is 1. The van der Waals surface area contributed by atoms with E-state index in [9.17, 15) is 0 Å². The highest BCUT2D eigenvalue weighted by Gasteiger charge is 2.08. The normalized spacial score (nSPS) is 14.8. The van der Waals surface area contributed by atoms with Crippen LogP contribution in [-0.2, 0) is 0 Å². The minimum Gasteiger partial charge on any atom is -0.103 e. The summed E-state index contributed by atoms with van der Waals surface area (Å²) in [6.07, 6.45) is 18.3. The monoisotopic (exact) mass is 272 g/mol. The van der Waals surface area contributed by atoms with Gasteiger partial charge < -0.3 is 0 Å². The van der Waals surface area contributed by atoms with Crippen molar-refractivity contribution >= 4 is 7.92 Å². The molecule has 0 heterocycles. The summed E-state index contributed by atoms with van der Waals surface area (Å²) in [5, 5.41) is 2.59. The van der Waals surface area contributed by atoms with Crippen LogP contribution in [0.25, 0.3) is 0 Å². The zero-order chi connectivity index (χ0) is 14.5. The molecular weight excluding hydrogens is 247 g/mol. The Morgan fingerprint density at radius 2 is 1.84 bits per heavy atom. The molecule has 0 amide bonds. The topological polar surface area (TPSA) is 0 Å². The van der Waals surface area contributed by atoms with Gasteiger partial charge in [-0.1, -0.05) is 67.6 Å². The standard InChI is InChI=1S/C18H25P/c1-6-10-12-13-16-19(17(5)15-11-7-2)18(9-4)14-8-3/h6-9,11,13-16H,1,3-4,10,12H2,2,5H3/b11-7-,16-13+,17-15+,18-14+. The van der Waals surface area contributed by atoms with Gasteiger partial charge in [-0.2, -0.15) is 0 Å². The number of hydrogen-bond acceptors (Lipinski definition) is 0. The van der Waals surface area contributed by atoms with Crippen LogP contribution >= 0.6 is 7.92 Å². The van der Waals surface area contributed by atoms with E-state index in [-0.39, 0.29) is 0 Å². The van der Waals surface area contributed by atoms with Crippen LogP contribution in [0.15, 0.2) is 84.8 Å². The van der Waals surface area contributed by atoms with Crippen LogP contribution in [0.2, 0.25) is 0 Å². The van der Waals surface area contributed by atoms with Crippen molar-refractivity contribution in [1.29, 1.82) is 0 Å². The van der Waals surface area contributed by atoms with Crippen molar-refractivity contribution in [2.75, 3.05) is 0 Å². The van der Waals surface area contributed by atoms with Crippen molar-refractivity contribution in [3.8, 4) is 0 Å². The second-order valence-corrected chi connectivity index (χ2v) is 6.25. The molecule has 0 aliphatic carbocycles. The molecule has 0 aromatic carbocycles. The van der Waals surface area contributed by atoms with E-state index < -0.39 is 7.92 Å². The first kappa shape index (κ1) is 17.6. The molecule has 0 bridgehead atoms. The maximum Gasteiger partial charge on any atom is -0.0166 e. The van der Waals surface area contributed by atoms with E-state index in [1.54, 1.807) is 0 Å². The summed E-state index contributed by atoms with van der Waals surface area (Å²) in [6, 6.07) is 0. The molecule has 0 spiro atoms. The van der Waals surface area contributed by atoms with Gasteiger partial charge in [0.15, 0.2) is 0 Å². The molecule has 0 aromatic heterocycles. The highest BCUT2D eigenvalue weighted by atomic mass is 31.1. The van der Waals surface area contributed by atoms with Crippen molar-refractivity contribution in [2.45, 2.75) is 26.7 Å². The summed E-state index contributed by atoms with van der Waals surface area (Å²) < 4.78 is 0. The second kappa shape index (κ2) is 11.7. The molecule has 19 heavy (non-hydrogen) atoms. The van der Waals surface area contributed by atoms with Crippen LogP contribution in [0.4, 0.5) is 0 Å². The van der Waals surface area contributed by atoms with Crippen LogP contribution < -0.4 is 0 Å². The lowest BCUT2D eigenvalue weighted by molar-refractivity contribution is 1.06. The third-order valence-electron chi connectivity index (χ3n) is 2.48. The van der Waals surface area contributed by atoms with Gasteiger partial charge in [0.2, 0.25) is 0 Å². The molecule has 0 aliphatic heterocycles. The first-order chi connectivity index (χ1) is 9.21. The summed E-state index contributed by atoms with van der Waals surface area (Å²) in [5.74, 6) is 2.30. The smallest absolute Gasteiger partial charge is 0.0166 e. The lowest BCUT2D eigenvalue weighted by Crippen LogP contribution is -1.79. The van der Waals surface area contributed by atoms with E-state index in [0.717, 1.165) is 12.8 Å². The Morgan fingerprint density at radius 1 is 1.11 bits per heavy atom. The maximum absolute atomic E-state index is 3.91. The second-order valence-electron chi connectivity index (χ2n) is 3.99. The van der Waals surface area contributed by atoms with E-state index in [1.165, 1.54) is 10.6 Å². The van der Waals surface area contributed by atoms with Gasteiger partial charge in [0, 0.05) is 0 Å². The molecule has 0 aromatic rings. The average Bonchev–Trinajstić information content (AvgIpc) is 2.43. The molecule has 1 atom stereocenters. The zero-order valence-electron chi connectivity index (χ0n) is 12.2. The van der Waals surface area contributed by atoms with Crippen LogP contribution in [-0.4, -0.2) is 0 Å². The van der Waals surface area contributed by atoms with Crippen molar-refractivity contribution in [3.63, 3.8) is 0 Å². The molecule has 0 fully saturated rings. The van der Waals surface area contributed by atoms with Crippen LogP contribution in [0.1, 0.15) is 26.7 Å². The fraction of sp³-hybridized carbons (Fsp3) is 0.222. The average molecular weight is 272 g/mol. The van der Waals surface area contributed by atoms with Crippen molar-refractivity contribution < 1.29 is 0 Å². The Bertz CT molecular complexity index is 405. The fourth-order valence-electron chi connectivity index (χ4n) is 1.48. The van der Waals surface area contributed by atoms with Crippen molar-refractivity contribution in [1.82, 2.24) is 0 Å². The van der Waals surface area contributed by atoms with Gasteiger partial charge in [-0.3, -0.25) is 0 Å². The summed E-state index contributed by atoms with van der Waals surface area (Å²) >= 11 is 0. The predicted octanol–water partition coefficient (Wildman–Crippen LogP) is 6.68. The minimum atomic E-state index is -0.453. The molecule has 0 aliphatic rings. The number of rotatable bonds is 9. The molecule has 0 saturated carbocycles. The van der Waals surface area contributed by atoms with E-state index in [2.05, 4.69) is 50.7 Å². The zero-order valence-corrected chi connectivity index (χ0v) is 13.1. The van der Waals surface area contributed by atoms with E-state index in [1.807, 2.05) is 37.3 Å². The quantitative estimate of drug-likeness (QED) is 0.190. The highest BCUT2D eigenvalue weighted by molar-refractivity contribution is 7.69.